The molecule has 8 rings (SSSR count). The minimum absolute atomic E-state index is 0.193. The first-order chi connectivity index (χ1) is 24.7. The molecule has 0 saturated heterocycles. The van der Waals surface area contributed by atoms with Crippen LogP contribution in [-0.4, -0.2) is 0 Å². The summed E-state index contributed by atoms with van der Waals surface area (Å²) in [5, 5.41) is 4.27. The third-order valence-electron chi connectivity index (χ3n) is 9.03. The molecule has 8 aromatic rings. The second kappa shape index (κ2) is 12.9. The number of alkyl halides is 2. The largest absolute Gasteiger partial charge is 0.310 e. The van der Waals surface area contributed by atoms with E-state index in [1.54, 1.807) is 59.5 Å². The van der Waals surface area contributed by atoms with Crippen LogP contribution in [0.1, 0.15) is 12.0 Å². The summed E-state index contributed by atoms with van der Waals surface area (Å²) in [6.07, 6.45) is -2.76. The molecule has 0 heterocycles. The highest BCUT2D eigenvalue weighted by molar-refractivity contribution is 6.24. The average molecular weight is 685 g/mol. The molecule has 51 heavy (non-hydrogen) atoms. The summed E-state index contributed by atoms with van der Waals surface area (Å²) in [6.45, 7) is 0. The number of fused-ring (bicyclic) bond motifs is 5. The first-order valence-corrected chi connectivity index (χ1v) is 16.1. The van der Waals surface area contributed by atoms with Gasteiger partial charge in [-0.2, -0.15) is 0 Å². The molecule has 0 bridgehead atoms. The third-order valence-corrected chi connectivity index (χ3v) is 9.03. The van der Waals surface area contributed by atoms with E-state index >= 15 is 0 Å². The summed E-state index contributed by atoms with van der Waals surface area (Å²) in [6, 6.07) is 39.5. The van der Waals surface area contributed by atoms with Crippen LogP contribution in [0.4, 0.5) is 60.5 Å². The molecule has 0 radical (unpaired) electrons. The highest BCUT2D eigenvalue weighted by Crippen LogP contribution is 2.48. The molecule has 8 heteroatoms. The molecule has 0 aliphatic heterocycles. The predicted octanol–water partition coefficient (Wildman–Crippen LogP) is 13.6. The summed E-state index contributed by atoms with van der Waals surface area (Å²) < 4.78 is 85.3. The quantitative estimate of drug-likeness (QED) is 0.122. The molecule has 0 spiro atoms. The van der Waals surface area contributed by atoms with Crippen LogP contribution in [0.3, 0.4) is 0 Å². The second-order valence-corrected chi connectivity index (χ2v) is 12.1. The Morgan fingerprint density at radius 1 is 0.333 bits per heavy atom. The van der Waals surface area contributed by atoms with Crippen LogP contribution in [0.2, 0.25) is 0 Å². The van der Waals surface area contributed by atoms with Crippen LogP contribution < -0.4 is 9.80 Å². The smallest absolute Gasteiger partial charge is 0.263 e. The van der Waals surface area contributed by atoms with E-state index in [9.17, 15) is 26.3 Å². The summed E-state index contributed by atoms with van der Waals surface area (Å²) in [7, 11) is 0. The lowest BCUT2D eigenvalue weighted by Gasteiger charge is -2.30. The average Bonchev–Trinajstić information content (AvgIpc) is 3.15. The van der Waals surface area contributed by atoms with Gasteiger partial charge in [0.15, 0.2) is 0 Å². The number of hydrogen-bond donors (Lipinski definition) is 0. The molecule has 0 unspecified atom stereocenters. The Morgan fingerprint density at radius 3 is 1.08 bits per heavy atom. The number of halogens is 6. The van der Waals surface area contributed by atoms with Gasteiger partial charge in [0.25, 0.3) is 6.43 Å². The minimum Gasteiger partial charge on any atom is -0.310 e. The molecule has 0 amide bonds. The Morgan fingerprint density at radius 2 is 0.686 bits per heavy atom. The van der Waals surface area contributed by atoms with E-state index in [0.717, 1.165) is 21.5 Å². The molecule has 8 aromatic carbocycles. The van der Waals surface area contributed by atoms with Gasteiger partial charge >= 0.3 is 0 Å². The maximum atomic E-state index is 14.3. The van der Waals surface area contributed by atoms with Crippen molar-refractivity contribution in [1.29, 1.82) is 0 Å². The van der Waals surface area contributed by atoms with Crippen LogP contribution in [0.25, 0.3) is 32.3 Å². The van der Waals surface area contributed by atoms with Gasteiger partial charge in [-0.15, -0.1) is 0 Å². The van der Waals surface area contributed by atoms with Crippen LogP contribution in [0, 0.1) is 23.3 Å². The van der Waals surface area contributed by atoms with Crippen LogP contribution in [-0.2, 0) is 0 Å². The maximum absolute atomic E-state index is 14.3. The standard InChI is InChI=1S/C43H26F6N2/c44-27-6-14-31(15-7-27)50(32-16-8-28(45)9-17-32)41-24-39-36-22-5-26(43(48)49)23-40(36)42(25-38(39)35-3-1-2-4-37(35)41)51(33-18-10-29(46)11-19-33)34-20-12-30(47)13-21-34/h1-25,43H. The lowest BCUT2D eigenvalue weighted by atomic mass is 9.92. The van der Waals surface area contributed by atoms with Gasteiger partial charge in [0.2, 0.25) is 0 Å². The van der Waals surface area contributed by atoms with Crippen molar-refractivity contribution >= 4 is 66.4 Å². The van der Waals surface area contributed by atoms with Gasteiger partial charge in [0, 0.05) is 39.1 Å². The van der Waals surface area contributed by atoms with Crippen molar-refractivity contribution < 1.29 is 26.3 Å². The fourth-order valence-electron chi connectivity index (χ4n) is 6.70. The molecule has 0 aromatic heterocycles. The molecule has 0 aliphatic carbocycles. The number of benzene rings is 8. The second-order valence-electron chi connectivity index (χ2n) is 12.1. The summed E-state index contributed by atoms with van der Waals surface area (Å²) in [5.74, 6) is -1.74. The van der Waals surface area contributed by atoms with Crippen LogP contribution in [0.5, 0.6) is 0 Å². The van der Waals surface area contributed by atoms with E-state index in [-0.39, 0.29) is 5.56 Å². The summed E-state index contributed by atoms with van der Waals surface area (Å²) in [4.78, 5) is 3.69. The molecular formula is C43H26F6N2. The highest BCUT2D eigenvalue weighted by atomic mass is 19.3. The molecule has 2 nitrogen and oxygen atoms in total. The Balaban J connectivity index is 1.49. The van der Waals surface area contributed by atoms with Gasteiger partial charge in [0.1, 0.15) is 23.3 Å². The first kappa shape index (κ1) is 32.0. The predicted molar refractivity (Wildman–Crippen MR) is 193 cm³/mol. The zero-order valence-corrected chi connectivity index (χ0v) is 26.7. The molecule has 0 aliphatic rings. The van der Waals surface area contributed by atoms with Gasteiger partial charge < -0.3 is 9.80 Å². The van der Waals surface area contributed by atoms with Crippen molar-refractivity contribution in [2.75, 3.05) is 9.80 Å². The Labute approximate surface area is 289 Å². The molecule has 0 N–H and O–H groups in total. The van der Waals surface area contributed by atoms with E-state index in [4.69, 9.17) is 0 Å². The third kappa shape index (κ3) is 5.88. The Hall–Kier alpha value is -6.28. The number of nitrogens with zero attached hydrogens (tertiary/aromatic N) is 2. The molecule has 0 saturated carbocycles. The Bertz CT molecular complexity index is 2440. The van der Waals surface area contributed by atoms with Gasteiger partial charge in [-0.25, -0.2) is 26.3 Å². The number of rotatable bonds is 7. The van der Waals surface area contributed by atoms with Crippen molar-refractivity contribution in [3.63, 3.8) is 0 Å². The monoisotopic (exact) mass is 684 g/mol. The first-order valence-electron chi connectivity index (χ1n) is 16.1. The summed E-state index contributed by atoms with van der Waals surface area (Å²) >= 11 is 0. The van der Waals surface area contributed by atoms with Crippen molar-refractivity contribution in [2.24, 2.45) is 0 Å². The summed E-state index contributed by atoms with van der Waals surface area (Å²) in [5.41, 5.74) is 3.32. The van der Waals surface area contributed by atoms with Gasteiger partial charge in [0.05, 0.1) is 11.4 Å². The van der Waals surface area contributed by atoms with Gasteiger partial charge in [-0.1, -0.05) is 36.4 Å². The molecular weight excluding hydrogens is 658 g/mol. The molecule has 0 atom stereocenters. The molecule has 250 valence electrons. The normalized spacial score (nSPS) is 11.5. The number of anilines is 6. The lowest BCUT2D eigenvalue weighted by Crippen LogP contribution is -2.12. The van der Waals surface area contributed by atoms with E-state index < -0.39 is 29.7 Å². The minimum atomic E-state index is -2.76. The van der Waals surface area contributed by atoms with E-state index in [1.807, 2.05) is 41.3 Å². The fraction of sp³-hybridized carbons (Fsp3) is 0.0233. The SMILES string of the molecule is Fc1ccc(N(c2ccc(F)cc2)c2cc3c4ccc(C(F)F)cc4c(N(c4ccc(F)cc4)c4ccc(F)cc4)cc3c3ccccc23)cc1. The van der Waals surface area contributed by atoms with Crippen LogP contribution in [0.15, 0.2) is 152 Å². The number of hydrogen-bond acceptors (Lipinski definition) is 2. The van der Waals surface area contributed by atoms with Crippen molar-refractivity contribution in [2.45, 2.75) is 6.43 Å². The Kier molecular flexibility index (Phi) is 8.07. The maximum Gasteiger partial charge on any atom is 0.263 e. The lowest BCUT2D eigenvalue weighted by molar-refractivity contribution is 0.151. The van der Waals surface area contributed by atoms with Crippen molar-refractivity contribution in [3.05, 3.63) is 180 Å². The highest BCUT2D eigenvalue weighted by Gasteiger charge is 2.23. The zero-order valence-electron chi connectivity index (χ0n) is 26.7. The van der Waals surface area contributed by atoms with Crippen molar-refractivity contribution in [1.82, 2.24) is 0 Å². The van der Waals surface area contributed by atoms with Crippen molar-refractivity contribution in [3.8, 4) is 0 Å². The van der Waals surface area contributed by atoms with Gasteiger partial charge in [-0.3, -0.25) is 0 Å². The van der Waals surface area contributed by atoms with E-state index in [1.165, 1.54) is 60.7 Å². The van der Waals surface area contributed by atoms with E-state index in [0.29, 0.717) is 44.9 Å². The zero-order chi connectivity index (χ0) is 35.2. The van der Waals surface area contributed by atoms with E-state index in [2.05, 4.69) is 0 Å². The molecule has 0 fully saturated rings. The topological polar surface area (TPSA) is 6.48 Å². The van der Waals surface area contributed by atoms with Gasteiger partial charge in [-0.05, 0) is 137 Å². The fourth-order valence-corrected chi connectivity index (χ4v) is 6.70. The van der Waals surface area contributed by atoms with Crippen LogP contribution >= 0.6 is 0 Å².